The lowest BCUT2D eigenvalue weighted by Crippen LogP contribution is -1.91. The van der Waals surface area contributed by atoms with Crippen molar-refractivity contribution in [3.63, 3.8) is 0 Å². The van der Waals surface area contributed by atoms with E-state index in [0.717, 1.165) is 0 Å². The summed E-state index contributed by atoms with van der Waals surface area (Å²) in [4.78, 5) is 10.5. The first kappa shape index (κ1) is 10.4. The van der Waals surface area contributed by atoms with Crippen LogP contribution in [0.2, 0.25) is 0 Å². The van der Waals surface area contributed by atoms with Crippen molar-refractivity contribution in [1.82, 2.24) is 10.2 Å². The highest BCUT2D eigenvalue weighted by Gasteiger charge is 2.14. The highest BCUT2D eigenvalue weighted by molar-refractivity contribution is 5.77. The number of hydrogen-bond donors (Lipinski definition) is 1. The van der Waals surface area contributed by atoms with E-state index in [1.165, 1.54) is 19.2 Å². The van der Waals surface area contributed by atoms with Crippen molar-refractivity contribution in [2.24, 2.45) is 0 Å². The highest BCUT2D eigenvalue weighted by atomic mass is 19.1. The maximum atomic E-state index is 13.6. The molecule has 0 spiro atoms. The van der Waals surface area contributed by atoms with Crippen LogP contribution in [0.3, 0.4) is 0 Å². The molecule has 82 valence electrons. The van der Waals surface area contributed by atoms with Crippen molar-refractivity contribution >= 4 is 6.29 Å². The van der Waals surface area contributed by atoms with Crippen molar-refractivity contribution in [2.45, 2.75) is 0 Å². The van der Waals surface area contributed by atoms with Crippen LogP contribution in [0.4, 0.5) is 4.39 Å². The number of hydrogen-bond acceptors (Lipinski definition) is 3. The van der Waals surface area contributed by atoms with Gasteiger partial charge in [0, 0.05) is 0 Å². The third kappa shape index (κ3) is 1.67. The Hall–Kier alpha value is -2.17. The van der Waals surface area contributed by atoms with Gasteiger partial charge in [0.05, 0.1) is 24.1 Å². The largest absolute Gasteiger partial charge is 0.496 e. The molecule has 0 atom stereocenters. The monoisotopic (exact) mass is 220 g/mol. The molecule has 0 saturated carbocycles. The van der Waals surface area contributed by atoms with Crippen molar-refractivity contribution in [2.75, 3.05) is 7.11 Å². The Balaban J connectivity index is 2.57. The van der Waals surface area contributed by atoms with Crippen molar-refractivity contribution in [1.29, 1.82) is 0 Å². The van der Waals surface area contributed by atoms with Crippen LogP contribution < -0.4 is 4.74 Å². The standard InChI is InChI=1S/C11H9FN2O2/c1-16-10-4-2-3-8(12)11(10)9-5-7(6-15)13-14-9/h2-6H,1H3,(H,13,14). The van der Waals surface area contributed by atoms with Crippen LogP contribution in [0.1, 0.15) is 10.5 Å². The van der Waals surface area contributed by atoms with E-state index in [1.54, 1.807) is 12.1 Å². The Morgan fingerprint density at radius 2 is 2.31 bits per heavy atom. The van der Waals surface area contributed by atoms with Gasteiger partial charge in [0.1, 0.15) is 11.6 Å². The molecule has 2 rings (SSSR count). The molecule has 1 N–H and O–H groups in total. The van der Waals surface area contributed by atoms with Gasteiger partial charge in [0.2, 0.25) is 0 Å². The maximum absolute atomic E-state index is 13.6. The summed E-state index contributed by atoms with van der Waals surface area (Å²) in [5.74, 6) is -0.0627. The Morgan fingerprint density at radius 1 is 1.50 bits per heavy atom. The van der Waals surface area contributed by atoms with E-state index in [1.807, 2.05) is 0 Å². The third-order valence-corrected chi connectivity index (χ3v) is 2.18. The van der Waals surface area contributed by atoms with Crippen LogP contribution >= 0.6 is 0 Å². The summed E-state index contributed by atoms with van der Waals surface area (Å²) in [5, 5.41) is 6.34. The van der Waals surface area contributed by atoms with Gasteiger partial charge in [-0.1, -0.05) is 6.07 Å². The van der Waals surface area contributed by atoms with Crippen LogP contribution in [-0.4, -0.2) is 23.6 Å². The molecule has 16 heavy (non-hydrogen) atoms. The smallest absolute Gasteiger partial charge is 0.167 e. The Morgan fingerprint density at radius 3 is 2.94 bits per heavy atom. The van der Waals surface area contributed by atoms with Crippen LogP contribution in [0.25, 0.3) is 11.3 Å². The van der Waals surface area contributed by atoms with Gasteiger partial charge in [0.25, 0.3) is 0 Å². The molecular formula is C11H9FN2O2. The molecule has 1 heterocycles. The first-order valence-electron chi connectivity index (χ1n) is 4.59. The molecule has 5 heteroatoms. The number of halogens is 1. The molecule has 0 aliphatic carbocycles. The highest BCUT2D eigenvalue weighted by Crippen LogP contribution is 2.31. The lowest BCUT2D eigenvalue weighted by atomic mass is 10.1. The molecule has 0 amide bonds. The zero-order valence-corrected chi connectivity index (χ0v) is 8.53. The minimum atomic E-state index is -0.441. The number of carbonyl (C=O) groups excluding carboxylic acids is 1. The summed E-state index contributed by atoms with van der Waals surface area (Å²) < 4.78 is 18.7. The van der Waals surface area contributed by atoms with E-state index in [2.05, 4.69) is 10.2 Å². The summed E-state index contributed by atoms with van der Waals surface area (Å²) >= 11 is 0. The first-order valence-corrected chi connectivity index (χ1v) is 4.59. The number of ether oxygens (including phenoxy) is 1. The third-order valence-electron chi connectivity index (χ3n) is 2.18. The fraction of sp³-hybridized carbons (Fsp3) is 0.0909. The number of aromatic nitrogens is 2. The fourth-order valence-corrected chi connectivity index (χ4v) is 1.45. The molecular weight excluding hydrogens is 211 g/mol. The number of aldehydes is 1. The summed E-state index contributed by atoms with van der Waals surface area (Å²) in [6.07, 6.45) is 0.615. The molecule has 0 bridgehead atoms. The number of H-pyrrole nitrogens is 1. The second-order valence-electron chi connectivity index (χ2n) is 3.14. The van der Waals surface area contributed by atoms with Crippen molar-refractivity contribution in [3.05, 3.63) is 35.8 Å². The predicted octanol–water partition coefficient (Wildman–Crippen LogP) is 2.04. The van der Waals surface area contributed by atoms with E-state index < -0.39 is 5.82 Å². The number of carbonyl (C=O) groups is 1. The lowest BCUT2D eigenvalue weighted by Gasteiger charge is -2.06. The number of benzene rings is 1. The SMILES string of the molecule is COc1cccc(F)c1-c1cc(C=O)[nH]n1. The Labute approximate surface area is 91.1 Å². The minimum absolute atomic E-state index is 0.245. The van der Waals surface area contributed by atoms with Crippen molar-refractivity contribution in [3.8, 4) is 17.0 Å². The predicted molar refractivity (Wildman–Crippen MR) is 55.9 cm³/mol. The summed E-state index contributed by atoms with van der Waals surface area (Å²) in [6.45, 7) is 0. The van der Waals surface area contributed by atoms with Gasteiger partial charge in [-0.25, -0.2) is 4.39 Å². The molecule has 0 aliphatic rings. The molecule has 0 fully saturated rings. The van der Waals surface area contributed by atoms with Crippen LogP contribution in [-0.2, 0) is 0 Å². The van der Waals surface area contributed by atoms with Gasteiger partial charge in [0.15, 0.2) is 6.29 Å². The lowest BCUT2D eigenvalue weighted by molar-refractivity contribution is 0.111. The summed E-state index contributed by atoms with van der Waals surface area (Å²) in [7, 11) is 1.45. The molecule has 0 unspecified atom stereocenters. The molecule has 4 nitrogen and oxygen atoms in total. The van der Waals surface area contributed by atoms with Crippen LogP contribution in [0.5, 0.6) is 5.75 Å². The summed E-state index contributed by atoms with van der Waals surface area (Å²) in [6, 6.07) is 5.96. The minimum Gasteiger partial charge on any atom is -0.496 e. The Bertz CT molecular complexity index is 522. The second-order valence-corrected chi connectivity index (χ2v) is 3.14. The average molecular weight is 220 g/mol. The fourth-order valence-electron chi connectivity index (χ4n) is 1.45. The van der Waals surface area contributed by atoms with E-state index in [0.29, 0.717) is 23.4 Å². The van der Waals surface area contributed by atoms with Gasteiger partial charge in [-0.3, -0.25) is 9.89 Å². The van der Waals surface area contributed by atoms with E-state index in [-0.39, 0.29) is 5.56 Å². The topological polar surface area (TPSA) is 55.0 Å². The number of nitrogens with one attached hydrogen (secondary N) is 1. The van der Waals surface area contributed by atoms with E-state index in [4.69, 9.17) is 4.74 Å². The zero-order chi connectivity index (χ0) is 11.5. The van der Waals surface area contributed by atoms with E-state index >= 15 is 0 Å². The molecule has 0 radical (unpaired) electrons. The number of methoxy groups -OCH3 is 1. The number of nitrogens with zero attached hydrogens (tertiary/aromatic N) is 1. The van der Waals surface area contributed by atoms with Gasteiger partial charge < -0.3 is 4.74 Å². The second kappa shape index (κ2) is 4.14. The first-order chi connectivity index (χ1) is 7.76. The summed E-state index contributed by atoms with van der Waals surface area (Å²) in [5.41, 5.74) is 0.881. The average Bonchev–Trinajstić information content (AvgIpc) is 2.76. The molecule has 0 aliphatic heterocycles. The van der Waals surface area contributed by atoms with Crippen LogP contribution in [0.15, 0.2) is 24.3 Å². The molecule has 0 saturated heterocycles. The van der Waals surface area contributed by atoms with Crippen molar-refractivity contribution < 1.29 is 13.9 Å². The number of aromatic amines is 1. The molecule has 1 aromatic carbocycles. The quantitative estimate of drug-likeness (QED) is 0.805. The van der Waals surface area contributed by atoms with E-state index in [9.17, 15) is 9.18 Å². The molecule has 2 aromatic rings. The van der Waals surface area contributed by atoms with Gasteiger partial charge in [-0.2, -0.15) is 5.10 Å². The van der Waals surface area contributed by atoms with Crippen LogP contribution in [0, 0.1) is 5.82 Å². The molecule has 1 aromatic heterocycles. The number of rotatable bonds is 3. The Kier molecular flexibility index (Phi) is 2.68. The van der Waals surface area contributed by atoms with Gasteiger partial charge in [-0.15, -0.1) is 0 Å². The normalized spacial score (nSPS) is 10.1. The van der Waals surface area contributed by atoms with Gasteiger partial charge in [-0.05, 0) is 18.2 Å². The zero-order valence-electron chi connectivity index (χ0n) is 8.53. The van der Waals surface area contributed by atoms with Gasteiger partial charge >= 0.3 is 0 Å². The maximum Gasteiger partial charge on any atom is 0.167 e.